The van der Waals surface area contributed by atoms with E-state index in [9.17, 15) is 9.18 Å². The Hall–Kier alpha value is -1.42. The van der Waals surface area contributed by atoms with Crippen LogP contribution in [0.4, 0.5) is 4.39 Å². The van der Waals surface area contributed by atoms with Crippen molar-refractivity contribution in [2.75, 3.05) is 19.6 Å². The molecule has 20 heavy (non-hydrogen) atoms. The van der Waals surface area contributed by atoms with Crippen LogP contribution in [0.5, 0.6) is 0 Å². The van der Waals surface area contributed by atoms with Gasteiger partial charge in [-0.25, -0.2) is 4.39 Å². The lowest BCUT2D eigenvalue weighted by Crippen LogP contribution is -2.38. The van der Waals surface area contributed by atoms with Gasteiger partial charge in [0.2, 0.25) is 5.91 Å². The second kappa shape index (κ2) is 5.17. The first kappa shape index (κ1) is 13.6. The van der Waals surface area contributed by atoms with Gasteiger partial charge in [0.1, 0.15) is 5.82 Å². The summed E-state index contributed by atoms with van der Waals surface area (Å²) in [5, 5.41) is 3.36. The second-order valence-electron chi connectivity index (χ2n) is 6.25. The van der Waals surface area contributed by atoms with Gasteiger partial charge in [-0.1, -0.05) is 6.07 Å². The maximum Gasteiger partial charge on any atom is 0.223 e. The first-order chi connectivity index (χ1) is 9.58. The molecule has 2 heterocycles. The highest BCUT2D eigenvalue weighted by Crippen LogP contribution is 2.39. The molecule has 2 fully saturated rings. The molecule has 0 bridgehead atoms. The highest BCUT2D eigenvalue weighted by atomic mass is 19.1. The molecule has 0 unspecified atom stereocenters. The van der Waals surface area contributed by atoms with Gasteiger partial charge in [-0.15, -0.1) is 0 Å². The highest BCUT2D eigenvalue weighted by Gasteiger charge is 2.43. The van der Waals surface area contributed by atoms with Crippen LogP contribution in [0.15, 0.2) is 18.2 Å². The molecule has 1 amide bonds. The summed E-state index contributed by atoms with van der Waals surface area (Å²) in [6.07, 6.45) is 2.84. The van der Waals surface area contributed by atoms with E-state index in [1.54, 1.807) is 6.07 Å². The van der Waals surface area contributed by atoms with Crippen LogP contribution in [0.1, 0.15) is 30.4 Å². The molecule has 0 atom stereocenters. The summed E-state index contributed by atoms with van der Waals surface area (Å²) < 4.78 is 13.1. The summed E-state index contributed by atoms with van der Waals surface area (Å²) in [4.78, 5) is 14.2. The number of halogens is 1. The molecule has 0 radical (unpaired) electrons. The molecule has 108 valence electrons. The third kappa shape index (κ3) is 2.57. The number of amides is 1. The van der Waals surface area contributed by atoms with Gasteiger partial charge in [0, 0.05) is 19.5 Å². The number of rotatable bonds is 2. The van der Waals surface area contributed by atoms with E-state index in [0.29, 0.717) is 13.0 Å². The van der Waals surface area contributed by atoms with Gasteiger partial charge in [-0.3, -0.25) is 4.79 Å². The van der Waals surface area contributed by atoms with E-state index in [0.717, 1.165) is 43.6 Å². The van der Waals surface area contributed by atoms with Gasteiger partial charge in [0.05, 0.1) is 0 Å². The van der Waals surface area contributed by atoms with Crippen molar-refractivity contribution < 1.29 is 9.18 Å². The first-order valence-corrected chi connectivity index (χ1v) is 7.32. The number of likely N-dealkylation sites (tertiary alicyclic amines) is 1. The van der Waals surface area contributed by atoms with Crippen LogP contribution in [0.2, 0.25) is 0 Å². The molecule has 2 aliphatic heterocycles. The molecule has 3 nitrogen and oxygen atoms in total. The minimum Gasteiger partial charge on any atom is -0.338 e. The first-order valence-electron chi connectivity index (χ1n) is 7.32. The van der Waals surface area contributed by atoms with Crippen molar-refractivity contribution in [1.82, 2.24) is 10.2 Å². The third-order valence-electron chi connectivity index (χ3n) is 4.74. The van der Waals surface area contributed by atoms with Gasteiger partial charge in [0.25, 0.3) is 0 Å². The fourth-order valence-corrected chi connectivity index (χ4v) is 3.46. The molecule has 0 saturated carbocycles. The summed E-state index contributed by atoms with van der Waals surface area (Å²) in [7, 11) is 0. The predicted molar refractivity (Wildman–Crippen MR) is 75.7 cm³/mol. The standard InChI is InChI=1S/C16H21FN2O/c1-12-8-14(17)3-2-13(12)10-19-11-16(9-15(19)20)4-6-18-7-5-16/h2-3,8,18H,4-7,9-11H2,1H3. The fourth-order valence-electron chi connectivity index (χ4n) is 3.46. The summed E-state index contributed by atoms with van der Waals surface area (Å²) in [5.74, 6) is 0.0319. The average molecular weight is 276 g/mol. The molecule has 2 aliphatic rings. The average Bonchev–Trinajstić information content (AvgIpc) is 2.70. The number of hydrogen-bond acceptors (Lipinski definition) is 2. The van der Waals surface area contributed by atoms with Gasteiger partial charge in [-0.05, 0) is 61.5 Å². The van der Waals surface area contributed by atoms with Crippen LogP contribution in [0.25, 0.3) is 0 Å². The number of benzene rings is 1. The lowest BCUT2D eigenvalue weighted by atomic mass is 9.78. The minimum atomic E-state index is -0.214. The second-order valence-corrected chi connectivity index (χ2v) is 6.25. The van der Waals surface area contributed by atoms with Crippen LogP contribution in [-0.2, 0) is 11.3 Å². The Labute approximate surface area is 119 Å². The van der Waals surface area contributed by atoms with Crippen molar-refractivity contribution in [2.45, 2.75) is 32.7 Å². The van der Waals surface area contributed by atoms with Crippen molar-refractivity contribution in [3.8, 4) is 0 Å². The van der Waals surface area contributed by atoms with E-state index in [2.05, 4.69) is 5.32 Å². The van der Waals surface area contributed by atoms with Gasteiger partial charge >= 0.3 is 0 Å². The largest absolute Gasteiger partial charge is 0.338 e. The van der Waals surface area contributed by atoms with E-state index < -0.39 is 0 Å². The van der Waals surface area contributed by atoms with Crippen molar-refractivity contribution in [3.05, 3.63) is 35.1 Å². The molecular formula is C16H21FN2O. The number of carbonyl (C=O) groups is 1. The Morgan fingerprint density at radius 2 is 2.10 bits per heavy atom. The number of piperidine rings is 1. The van der Waals surface area contributed by atoms with E-state index in [4.69, 9.17) is 0 Å². The Morgan fingerprint density at radius 3 is 2.80 bits per heavy atom. The van der Waals surface area contributed by atoms with Gasteiger partial charge in [0.15, 0.2) is 0 Å². The molecule has 1 aromatic rings. The van der Waals surface area contributed by atoms with E-state index in [-0.39, 0.29) is 17.1 Å². The number of hydrogen-bond donors (Lipinski definition) is 1. The summed E-state index contributed by atoms with van der Waals surface area (Å²) in [5.41, 5.74) is 2.14. The predicted octanol–water partition coefficient (Wildman–Crippen LogP) is 2.24. The molecule has 3 rings (SSSR count). The lowest BCUT2D eigenvalue weighted by Gasteiger charge is -2.33. The molecule has 1 N–H and O–H groups in total. The quantitative estimate of drug-likeness (QED) is 0.898. The van der Waals surface area contributed by atoms with Crippen molar-refractivity contribution >= 4 is 5.91 Å². The SMILES string of the molecule is Cc1cc(F)ccc1CN1CC2(CCNCC2)CC1=O. The Morgan fingerprint density at radius 1 is 1.35 bits per heavy atom. The van der Waals surface area contributed by atoms with E-state index in [1.165, 1.54) is 12.1 Å². The lowest BCUT2D eigenvalue weighted by molar-refractivity contribution is -0.128. The molecule has 4 heteroatoms. The van der Waals surface area contributed by atoms with E-state index in [1.807, 2.05) is 11.8 Å². The summed E-state index contributed by atoms with van der Waals surface area (Å²) in [6.45, 7) is 5.39. The Balaban J connectivity index is 1.73. The molecular weight excluding hydrogens is 255 g/mol. The normalized spacial score (nSPS) is 21.7. The van der Waals surface area contributed by atoms with Crippen molar-refractivity contribution in [2.24, 2.45) is 5.41 Å². The van der Waals surface area contributed by atoms with Gasteiger partial charge in [-0.2, -0.15) is 0 Å². The van der Waals surface area contributed by atoms with Crippen LogP contribution in [0.3, 0.4) is 0 Å². The molecule has 1 spiro atoms. The number of nitrogens with one attached hydrogen (secondary N) is 1. The van der Waals surface area contributed by atoms with Crippen LogP contribution >= 0.6 is 0 Å². The van der Waals surface area contributed by atoms with Crippen LogP contribution < -0.4 is 5.32 Å². The zero-order valence-electron chi connectivity index (χ0n) is 11.9. The van der Waals surface area contributed by atoms with Crippen molar-refractivity contribution in [1.29, 1.82) is 0 Å². The van der Waals surface area contributed by atoms with Crippen molar-refractivity contribution in [3.63, 3.8) is 0 Å². The third-order valence-corrected chi connectivity index (χ3v) is 4.74. The zero-order chi connectivity index (χ0) is 14.2. The maximum atomic E-state index is 13.1. The monoisotopic (exact) mass is 276 g/mol. The summed E-state index contributed by atoms with van der Waals surface area (Å²) in [6, 6.07) is 4.81. The summed E-state index contributed by atoms with van der Waals surface area (Å²) >= 11 is 0. The maximum absolute atomic E-state index is 13.1. The molecule has 2 saturated heterocycles. The zero-order valence-corrected chi connectivity index (χ0v) is 11.9. The fraction of sp³-hybridized carbons (Fsp3) is 0.562. The van der Waals surface area contributed by atoms with Gasteiger partial charge < -0.3 is 10.2 Å². The topological polar surface area (TPSA) is 32.3 Å². The Kier molecular flexibility index (Phi) is 3.50. The minimum absolute atomic E-state index is 0.177. The van der Waals surface area contributed by atoms with Crippen LogP contribution in [0, 0.1) is 18.2 Å². The number of aryl methyl sites for hydroxylation is 1. The molecule has 1 aromatic carbocycles. The van der Waals surface area contributed by atoms with Crippen LogP contribution in [-0.4, -0.2) is 30.4 Å². The highest BCUT2D eigenvalue weighted by molar-refractivity contribution is 5.79. The molecule has 0 aromatic heterocycles. The Bertz CT molecular complexity index is 523. The molecule has 0 aliphatic carbocycles. The van der Waals surface area contributed by atoms with E-state index >= 15 is 0 Å². The smallest absolute Gasteiger partial charge is 0.223 e. The number of carbonyl (C=O) groups excluding carboxylic acids is 1. The number of nitrogens with zero attached hydrogens (tertiary/aromatic N) is 1.